The molecule has 1 aromatic heterocycles. The molecule has 1 amide bonds. The van der Waals surface area contributed by atoms with Crippen molar-refractivity contribution in [3.05, 3.63) is 29.6 Å². The zero-order valence-electron chi connectivity index (χ0n) is 11.7. The number of aromatic carboxylic acids is 1. The number of pyridine rings is 1. The van der Waals surface area contributed by atoms with Crippen LogP contribution < -0.4 is 0 Å². The van der Waals surface area contributed by atoms with Gasteiger partial charge < -0.3 is 10.0 Å². The molecule has 0 unspecified atom stereocenters. The first-order chi connectivity index (χ1) is 9.49. The third-order valence-corrected chi connectivity index (χ3v) is 3.52. The summed E-state index contributed by atoms with van der Waals surface area (Å²) < 4.78 is 0. The van der Waals surface area contributed by atoms with E-state index < -0.39 is 5.97 Å². The highest BCUT2D eigenvalue weighted by atomic mass is 16.4. The van der Waals surface area contributed by atoms with Crippen LogP contribution in [0.3, 0.4) is 0 Å². The van der Waals surface area contributed by atoms with E-state index in [4.69, 9.17) is 5.11 Å². The summed E-state index contributed by atoms with van der Waals surface area (Å²) in [5.41, 5.74) is 0.0968. The molecule has 1 aromatic rings. The Kier molecular flexibility index (Phi) is 4.34. The molecule has 0 atom stereocenters. The highest BCUT2D eigenvalue weighted by Crippen LogP contribution is 2.10. The average Bonchev–Trinajstić information content (AvgIpc) is 2.46. The summed E-state index contributed by atoms with van der Waals surface area (Å²) >= 11 is 0. The van der Waals surface area contributed by atoms with Gasteiger partial charge in [-0.2, -0.15) is 0 Å². The Balaban J connectivity index is 2.05. The molecule has 20 heavy (non-hydrogen) atoms. The van der Waals surface area contributed by atoms with Crippen molar-refractivity contribution in [2.75, 3.05) is 26.2 Å². The number of aromatic nitrogens is 1. The number of carboxylic acids is 1. The Morgan fingerprint density at radius 1 is 1.15 bits per heavy atom. The molecule has 6 heteroatoms. The fraction of sp³-hybridized carbons (Fsp3) is 0.500. The molecule has 0 aromatic carbocycles. The lowest BCUT2D eigenvalue weighted by molar-refractivity contribution is 0.0589. The van der Waals surface area contributed by atoms with Gasteiger partial charge in [-0.15, -0.1) is 0 Å². The quantitative estimate of drug-likeness (QED) is 0.890. The Bertz CT molecular complexity index is 508. The number of carbonyl (C=O) groups is 2. The van der Waals surface area contributed by atoms with Crippen LogP contribution in [0.4, 0.5) is 0 Å². The van der Waals surface area contributed by atoms with Gasteiger partial charge in [0.2, 0.25) is 0 Å². The highest BCUT2D eigenvalue weighted by molar-refractivity contribution is 5.94. The van der Waals surface area contributed by atoms with Crippen molar-refractivity contribution in [2.24, 2.45) is 0 Å². The molecule has 0 spiro atoms. The van der Waals surface area contributed by atoms with Gasteiger partial charge >= 0.3 is 5.97 Å². The van der Waals surface area contributed by atoms with Crippen LogP contribution in [0.25, 0.3) is 0 Å². The second kappa shape index (κ2) is 6.00. The molecule has 0 bridgehead atoms. The van der Waals surface area contributed by atoms with Gasteiger partial charge in [-0.3, -0.25) is 9.69 Å². The molecule has 1 saturated heterocycles. The largest absolute Gasteiger partial charge is 0.477 e. The predicted molar refractivity (Wildman–Crippen MR) is 73.8 cm³/mol. The van der Waals surface area contributed by atoms with Crippen molar-refractivity contribution in [2.45, 2.75) is 19.9 Å². The maximum Gasteiger partial charge on any atom is 0.354 e. The fourth-order valence-corrected chi connectivity index (χ4v) is 2.28. The number of rotatable bonds is 3. The topological polar surface area (TPSA) is 73.7 Å². The van der Waals surface area contributed by atoms with Crippen LogP contribution in [0, 0.1) is 0 Å². The van der Waals surface area contributed by atoms with Crippen molar-refractivity contribution < 1.29 is 14.7 Å². The van der Waals surface area contributed by atoms with Crippen LogP contribution in [-0.4, -0.2) is 64.0 Å². The Labute approximate surface area is 118 Å². The van der Waals surface area contributed by atoms with Gasteiger partial charge in [0, 0.05) is 32.2 Å². The number of amides is 1. The van der Waals surface area contributed by atoms with Crippen LogP contribution in [-0.2, 0) is 0 Å². The van der Waals surface area contributed by atoms with E-state index in [-0.39, 0.29) is 17.3 Å². The van der Waals surface area contributed by atoms with Gasteiger partial charge in [0.15, 0.2) is 0 Å². The second-order valence-electron chi connectivity index (χ2n) is 5.14. The zero-order valence-corrected chi connectivity index (χ0v) is 11.7. The van der Waals surface area contributed by atoms with E-state index in [0.717, 1.165) is 13.1 Å². The number of nitrogens with zero attached hydrogens (tertiary/aromatic N) is 3. The summed E-state index contributed by atoms with van der Waals surface area (Å²) in [5.74, 6) is -1.32. The second-order valence-corrected chi connectivity index (χ2v) is 5.14. The number of carboxylic acid groups (broad SMARTS) is 1. The molecule has 1 N–H and O–H groups in total. The van der Waals surface area contributed by atoms with E-state index in [1.807, 2.05) is 0 Å². The minimum absolute atomic E-state index is 0.100. The Hall–Kier alpha value is -1.95. The average molecular weight is 277 g/mol. The summed E-state index contributed by atoms with van der Waals surface area (Å²) in [7, 11) is 0. The Morgan fingerprint density at radius 3 is 2.30 bits per heavy atom. The first-order valence-electron chi connectivity index (χ1n) is 6.72. The smallest absolute Gasteiger partial charge is 0.354 e. The van der Waals surface area contributed by atoms with Gasteiger partial charge in [-0.1, -0.05) is 6.07 Å². The molecule has 1 aliphatic heterocycles. The molecule has 0 radical (unpaired) electrons. The van der Waals surface area contributed by atoms with E-state index in [2.05, 4.69) is 23.7 Å². The molecule has 2 heterocycles. The molecule has 0 aliphatic carbocycles. The van der Waals surface area contributed by atoms with Crippen molar-refractivity contribution in [3.8, 4) is 0 Å². The highest BCUT2D eigenvalue weighted by Gasteiger charge is 2.24. The summed E-state index contributed by atoms with van der Waals surface area (Å²) in [6, 6.07) is 4.97. The minimum Gasteiger partial charge on any atom is -0.477 e. The van der Waals surface area contributed by atoms with Crippen molar-refractivity contribution in [1.82, 2.24) is 14.8 Å². The molecule has 0 saturated carbocycles. The lowest BCUT2D eigenvalue weighted by Crippen LogP contribution is -2.50. The number of hydrogen-bond donors (Lipinski definition) is 1. The standard InChI is InChI=1S/C14H19N3O3/c1-10(2)16-6-8-17(9-7-16)13(18)11-4-3-5-12(15-11)14(19)20/h3-5,10H,6-9H2,1-2H3,(H,19,20). The van der Waals surface area contributed by atoms with Crippen molar-refractivity contribution in [1.29, 1.82) is 0 Å². The van der Waals surface area contributed by atoms with Crippen LogP contribution in [0.2, 0.25) is 0 Å². The van der Waals surface area contributed by atoms with Crippen LogP contribution in [0.5, 0.6) is 0 Å². The molecule has 2 rings (SSSR count). The summed E-state index contributed by atoms with van der Waals surface area (Å²) in [5, 5.41) is 8.90. The van der Waals surface area contributed by atoms with Crippen LogP contribution in [0.1, 0.15) is 34.8 Å². The van der Waals surface area contributed by atoms with E-state index in [1.54, 1.807) is 17.0 Å². The summed E-state index contributed by atoms with van der Waals surface area (Å²) in [4.78, 5) is 31.1. The summed E-state index contributed by atoms with van der Waals surface area (Å²) in [6.45, 7) is 7.24. The van der Waals surface area contributed by atoms with E-state index in [9.17, 15) is 9.59 Å². The first-order valence-corrected chi connectivity index (χ1v) is 6.72. The maximum atomic E-state index is 12.3. The van der Waals surface area contributed by atoms with Gasteiger partial charge in [0.25, 0.3) is 5.91 Å². The predicted octanol–water partition coefficient (Wildman–Crippen LogP) is 0.946. The van der Waals surface area contributed by atoms with E-state index >= 15 is 0 Å². The Morgan fingerprint density at radius 2 is 1.75 bits per heavy atom. The maximum absolute atomic E-state index is 12.3. The molecular weight excluding hydrogens is 258 g/mol. The number of hydrogen-bond acceptors (Lipinski definition) is 4. The zero-order chi connectivity index (χ0) is 14.7. The fourth-order valence-electron chi connectivity index (χ4n) is 2.28. The summed E-state index contributed by atoms with van der Waals surface area (Å²) in [6.07, 6.45) is 0. The van der Waals surface area contributed by atoms with Crippen molar-refractivity contribution >= 4 is 11.9 Å². The number of piperazine rings is 1. The van der Waals surface area contributed by atoms with Gasteiger partial charge in [-0.25, -0.2) is 9.78 Å². The first kappa shape index (κ1) is 14.5. The van der Waals surface area contributed by atoms with Crippen molar-refractivity contribution in [3.63, 3.8) is 0 Å². The normalized spacial score (nSPS) is 16.4. The van der Waals surface area contributed by atoms with Crippen LogP contribution in [0.15, 0.2) is 18.2 Å². The molecule has 1 aliphatic rings. The SMILES string of the molecule is CC(C)N1CCN(C(=O)c2cccc(C(=O)O)n2)CC1. The monoisotopic (exact) mass is 277 g/mol. The number of carbonyl (C=O) groups excluding carboxylic acids is 1. The lowest BCUT2D eigenvalue weighted by Gasteiger charge is -2.36. The molecule has 6 nitrogen and oxygen atoms in total. The van der Waals surface area contributed by atoms with Gasteiger partial charge in [-0.05, 0) is 26.0 Å². The third-order valence-electron chi connectivity index (χ3n) is 3.52. The van der Waals surface area contributed by atoms with E-state index in [0.29, 0.717) is 19.1 Å². The van der Waals surface area contributed by atoms with Gasteiger partial charge in [0.05, 0.1) is 0 Å². The molecule has 1 fully saturated rings. The minimum atomic E-state index is -1.12. The molecule has 108 valence electrons. The van der Waals surface area contributed by atoms with Gasteiger partial charge in [0.1, 0.15) is 11.4 Å². The van der Waals surface area contributed by atoms with Crippen LogP contribution >= 0.6 is 0 Å². The van der Waals surface area contributed by atoms with E-state index in [1.165, 1.54) is 6.07 Å². The third kappa shape index (κ3) is 3.14. The molecular formula is C14H19N3O3. The lowest BCUT2D eigenvalue weighted by atomic mass is 10.2.